The molecule has 1 amide bonds. The first-order chi connectivity index (χ1) is 12.7. The molecule has 1 fully saturated rings. The van der Waals surface area contributed by atoms with Crippen LogP contribution in [0.3, 0.4) is 0 Å². The van der Waals surface area contributed by atoms with E-state index >= 15 is 0 Å². The highest BCUT2D eigenvalue weighted by Crippen LogP contribution is 2.23. The van der Waals surface area contributed by atoms with Crippen molar-refractivity contribution in [3.8, 4) is 0 Å². The standard InChI is InChI=1S/C18H20N4O2S2/c1-13-19-14(11-25-13)10-21-6-8-22(9-7-21)17(23)12-26-18-20-15-4-2-3-5-16(15)24-18/h2-5,11H,6-10,12H2,1H3. The topological polar surface area (TPSA) is 62.5 Å². The average Bonchev–Trinajstić information content (AvgIpc) is 3.25. The second-order valence-electron chi connectivity index (χ2n) is 6.25. The molecule has 0 bridgehead atoms. The fraction of sp³-hybridized carbons (Fsp3) is 0.389. The van der Waals surface area contributed by atoms with Crippen molar-refractivity contribution in [3.63, 3.8) is 0 Å². The number of aromatic nitrogens is 2. The Morgan fingerprint density at radius 3 is 2.77 bits per heavy atom. The molecular weight excluding hydrogens is 368 g/mol. The Bertz CT molecular complexity index is 866. The van der Waals surface area contributed by atoms with Gasteiger partial charge in [-0.05, 0) is 19.1 Å². The summed E-state index contributed by atoms with van der Waals surface area (Å²) in [5.41, 5.74) is 2.71. The Hall–Kier alpha value is -1.90. The molecular formula is C18H20N4O2S2. The lowest BCUT2D eigenvalue weighted by molar-refractivity contribution is -0.130. The van der Waals surface area contributed by atoms with Gasteiger partial charge in [0.15, 0.2) is 5.58 Å². The lowest BCUT2D eigenvalue weighted by Crippen LogP contribution is -2.48. The van der Waals surface area contributed by atoms with Crippen LogP contribution in [0.15, 0.2) is 39.3 Å². The van der Waals surface area contributed by atoms with Crippen LogP contribution in [-0.4, -0.2) is 57.6 Å². The molecule has 26 heavy (non-hydrogen) atoms. The van der Waals surface area contributed by atoms with E-state index in [2.05, 4.69) is 20.2 Å². The van der Waals surface area contributed by atoms with Crippen molar-refractivity contribution in [2.24, 2.45) is 0 Å². The number of nitrogens with zero attached hydrogens (tertiary/aromatic N) is 4. The zero-order valence-electron chi connectivity index (χ0n) is 14.6. The van der Waals surface area contributed by atoms with Crippen molar-refractivity contribution in [1.82, 2.24) is 19.8 Å². The summed E-state index contributed by atoms with van der Waals surface area (Å²) in [6.07, 6.45) is 0. The number of hydrogen-bond acceptors (Lipinski definition) is 7. The highest BCUT2D eigenvalue weighted by molar-refractivity contribution is 7.99. The van der Waals surface area contributed by atoms with Gasteiger partial charge in [0.05, 0.1) is 16.5 Å². The third kappa shape index (κ3) is 4.08. The highest BCUT2D eigenvalue weighted by Gasteiger charge is 2.22. The predicted molar refractivity (Wildman–Crippen MR) is 103 cm³/mol. The number of carbonyl (C=O) groups excluding carboxylic acids is 1. The molecule has 1 aliphatic rings. The summed E-state index contributed by atoms with van der Waals surface area (Å²) < 4.78 is 5.66. The van der Waals surface area contributed by atoms with E-state index in [9.17, 15) is 4.79 Å². The number of oxazole rings is 1. The number of piperazine rings is 1. The van der Waals surface area contributed by atoms with Crippen LogP contribution in [0, 0.1) is 6.92 Å². The first-order valence-corrected chi connectivity index (χ1v) is 10.4. The van der Waals surface area contributed by atoms with Gasteiger partial charge in [-0.1, -0.05) is 23.9 Å². The normalized spacial score (nSPS) is 15.7. The smallest absolute Gasteiger partial charge is 0.257 e. The zero-order valence-corrected chi connectivity index (χ0v) is 16.2. The average molecular weight is 389 g/mol. The van der Waals surface area contributed by atoms with E-state index in [1.165, 1.54) is 11.8 Å². The number of amides is 1. The summed E-state index contributed by atoms with van der Waals surface area (Å²) in [4.78, 5) is 25.7. The maximum atomic E-state index is 12.5. The Kier molecular flexibility index (Phi) is 5.23. The number of benzene rings is 1. The van der Waals surface area contributed by atoms with Crippen LogP contribution in [0.25, 0.3) is 11.1 Å². The summed E-state index contributed by atoms with van der Waals surface area (Å²) in [6.45, 7) is 6.18. The molecule has 0 radical (unpaired) electrons. The summed E-state index contributed by atoms with van der Waals surface area (Å²) in [6, 6.07) is 7.64. The van der Waals surface area contributed by atoms with Crippen LogP contribution in [0.2, 0.25) is 0 Å². The molecule has 0 atom stereocenters. The number of thiazole rings is 1. The van der Waals surface area contributed by atoms with Gasteiger partial charge in [0.1, 0.15) is 5.52 Å². The molecule has 0 aliphatic carbocycles. The van der Waals surface area contributed by atoms with Crippen molar-refractivity contribution in [2.75, 3.05) is 31.9 Å². The van der Waals surface area contributed by atoms with Gasteiger partial charge in [-0.3, -0.25) is 9.69 Å². The molecule has 4 rings (SSSR count). The Labute approximate surface area is 160 Å². The molecule has 1 saturated heterocycles. The van der Waals surface area contributed by atoms with Crippen LogP contribution in [0.4, 0.5) is 0 Å². The van der Waals surface area contributed by atoms with Crippen LogP contribution < -0.4 is 0 Å². The highest BCUT2D eigenvalue weighted by atomic mass is 32.2. The minimum absolute atomic E-state index is 0.140. The van der Waals surface area contributed by atoms with Gasteiger partial charge in [0.2, 0.25) is 5.91 Å². The largest absolute Gasteiger partial charge is 0.431 e. The third-order valence-corrected chi connectivity index (χ3v) is 6.01. The maximum absolute atomic E-state index is 12.5. The zero-order chi connectivity index (χ0) is 17.9. The summed E-state index contributed by atoms with van der Waals surface area (Å²) in [7, 11) is 0. The first-order valence-electron chi connectivity index (χ1n) is 8.57. The second-order valence-corrected chi connectivity index (χ2v) is 8.24. The molecule has 136 valence electrons. The lowest BCUT2D eigenvalue weighted by Gasteiger charge is -2.34. The summed E-state index contributed by atoms with van der Waals surface area (Å²) in [5, 5.41) is 3.77. The third-order valence-electron chi connectivity index (χ3n) is 4.37. The van der Waals surface area contributed by atoms with Gasteiger partial charge in [-0.25, -0.2) is 9.97 Å². The predicted octanol–water partition coefficient (Wildman–Crippen LogP) is 3.03. The summed E-state index contributed by atoms with van der Waals surface area (Å²) >= 11 is 3.05. The monoisotopic (exact) mass is 388 g/mol. The number of aryl methyl sites for hydroxylation is 1. The Morgan fingerprint density at radius 2 is 2.04 bits per heavy atom. The van der Waals surface area contributed by atoms with E-state index in [1.807, 2.05) is 36.1 Å². The van der Waals surface area contributed by atoms with Crippen molar-refractivity contribution in [2.45, 2.75) is 18.7 Å². The van der Waals surface area contributed by atoms with Gasteiger partial charge in [-0.2, -0.15) is 0 Å². The molecule has 0 N–H and O–H groups in total. The van der Waals surface area contributed by atoms with Crippen LogP contribution in [0.1, 0.15) is 10.7 Å². The number of para-hydroxylation sites is 2. The summed E-state index contributed by atoms with van der Waals surface area (Å²) in [5.74, 6) is 0.499. The molecule has 6 nitrogen and oxygen atoms in total. The fourth-order valence-electron chi connectivity index (χ4n) is 2.99. The lowest BCUT2D eigenvalue weighted by atomic mass is 10.3. The van der Waals surface area contributed by atoms with E-state index in [4.69, 9.17) is 4.42 Å². The molecule has 3 heterocycles. The van der Waals surface area contributed by atoms with Gasteiger partial charge >= 0.3 is 0 Å². The maximum Gasteiger partial charge on any atom is 0.257 e. The van der Waals surface area contributed by atoms with Gasteiger partial charge in [-0.15, -0.1) is 11.3 Å². The SMILES string of the molecule is Cc1nc(CN2CCN(C(=O)CSc3nc4ccccc4o3)CC2)cs1. The second kappa shape index (κ2) is 7.77. The molecule has 1 aliphatic heterocycles. The number of fused-ring (bicyclic) bond motifs is 1. The molecule has 3 aromatic rings. The van der Waals surface area contributed by atoms with E-state index in [-0.39, 0.29) is 5.91 Å². The minimum Gasteiger partial charge on any atom is -0.431 e. The number of thioether (sulfide) groups is 1. The van der Waals surface area contributed by atoms with E-state index < -0.39 is 0 Å². The molecule has 0 saturated carbocycles. The van der Waals surface area contributed by atoms with Gasteiger partial charge in [0.25, 0.3) is 5.22 Å². The van der Waals surface area contributed by atoms with Crippen molar-refractivity contribution in [3.05, 3.63) is 40.3 Å². The number of rotatable bonds is 5. The van der Waals surface area contributed by atoms with Gasteiger partial charge in [0, 0.05) is 38.1 Å². The quantitative estimate of drug-likeness (QED) is 0.626. The molecule has 0 unspecified atom stereocenters. The van der Waals surface area contributed by atoms with Crippen molar-refractivity contribution < 1.29 is 9.21 Å². The molecule has 1 aromatic carbocycles. The minimum atomic E-state index is 0.140. The Balaban J connectivity index is 1.25. The first kappa shape index (κ1) is 17.5. The van der Waals surface area contributed by atoms with E-state index in [0.29, 0.717) is 11.0 Å². The Morgan fingerprint density at radius 1 is 1.23 bits per heavy atom. The van der Waals surface area contributed by atoms with Crippen molar-refractivity contribution >= 4 is 40.1 Å². The molecule has 0 spiro atoms. The fourth-order valence-corrected chi connectivity index (χ4v) is 4.34. The molecule has 2 aromatic heterocycles. The van der Waals surface area contributed by atoms with E-state index in [1.54, 1.807) is 11.3 Å². The van der Waals surface area contributed by atoms with Gasteiger partial charge < -0.3 is 9.32 Å². The van der Waals surface area contributed by atoms with E-state index in [0.717, 1.165) is 54.5 Å². The van der Waals surface area contributed by atoms with Crippen LogP contribution >= 0.6 is 23.1 Å². The molecule has 8 heteroatoms. The number of hydrogen-bond donors (Lipinski definition) is 0. The van der Waals surface area contributed by atoms with Crippen molar-refractivity contribution in [1.29, 1.82) is 0 Å². The van der Waals surface area contributed by atoms with Crippen LogP contribution in [0.5, 0.6) is 0 Å². The number of carbonyl (C=O) groups is 1. The van der Waals surface area contributed by atoms with Crippen LogP contribution in [-0.2, 0) is 11.3 Å².